The topological polar surface area (TPSA) is 68.7 Å². The second-order valence-electron chi connectivity index (χ2n) is 9.71. The van der Waals surface area contributed by atoms with Crippen molar-refractivity contribution in [3.8, 4) is 16.9 Å². The van der Waals surface area contributed by atoms with Crippen molar-refractivity contribution in [1.82, 2.24) is 9.88 Å². The van der Waals surface area contributed by atoms with Crippen LogP contribution in [0, 0.1) is 5.92 Å². The fourth-order valence-corrected chi connectivity index (χ4v) is 6.21. The molecule has 0 saturated carbocycles. The maximum Gasteiger partial charge on any atom is 0.410 e. The van der Waals surface area contributed by atoms with E-state index in [1.807, 2.05) is 17.0 Å². The molecule has 2 aromatic carbocycles. The first-order valence-corrected chi connectivity index (χ1v) is 12.3. The standard InChI is InChI=1S/C29H28N2O4/c1-34-21-12-13-27(30-16-21)28(32)18-14-19-10-11-20(15-18)31(19)29(33)35-17-26-24-8-4-2-6-22(24)23-7-3-5-9-25(23)26/h2-9,12-13,16,18-20,26H,10-11,14-15,17H2,1H3. The molecule has 6 rings (SSSR count). The lowest BCUT2D eigenvalue weighted by atomic mass is 9.86. The van der Waals surface area contributed by atoms with Gasteiger partial charge < -0.3 is 14.4 Å². The highest BCUT2D eigenvalue weighted by atomic mass is 16.6. The Hall–Kier alpha value is -3.67. The van der Waals surface area contributed by atoms with Crippen LogP contribution >= 0.6 is 0 Å². The lowest BCUT2D eigenvalue weighted by molar-refractivity contribution is 0.0504. The molecule has 2 aliphatic heterocycles. The van der Waals surface area contributed by atoms with Crippen LogP contribution in [0.3, 0.4) is 0 Å². The summed E-state index contributed by atoms with van der Waals surface area (Å²) in [7, 11) is 1.58. The van der Waals surface area contributed by atoms with E-state index in [0.29, 0.717) is 30.9 Å². The Morgan fingerprint density at radius 2 is 1.54 bits per heavy atom. The summed E-state index contributed by atoms with van der Waals surface area (Å²) >= 11 is 0. The number of ether oxygens (including phenoxy) is 2. The van der Waals surface area contributed by atoms with Crippen LogP contribution in [-0.2, 0) is 4.74 Å². The highest BCUT2D eigenvalue weighted by Crippen LogP contribution is 2.45. The Bertz CT molecular complexity index is 1210. The van der Waals surface area contributed by atoms with Gasteiger partial charge in [0.25, 0.3) is 0 Å². The Morgan fingerprint density at radius 3 is 2.11 bits per heavy atom. The van der Waals surface area contributed by atoms with Crippen molar-refractivity contribution in [2.75, 3.05) is 13.7 Å². The first kappa shape index (κ1) is 21.8. The monoisotopic (exact) mass is 468 g/mol. The molecule has 2 fully saturated rings. The van der Waals surface area contributed by atoms with E-state index in [9.17, 15) is 9.59 Å². The number of carbonyl (C=O) groups excluding carboxylic acids is 2. The third-order valence-corrected chi connectivity index (χ3v) is 7.88. The zero-order valence-corrected chi connectivity index (χ0v) is 19.7. The number of hydrogen-bond donors (Lipinski definition) is 0. The molecule has 2 unspecified atom stereocenters. The molecule has 2 bridgehead atoms. The molecule has 1 aliphatic carbocycles. The number of piperidine rings is 1. The summed E-state index contributed by atoms with van der Waals surface area (Å²) in [5, 5.41) is 0. The molecule has 6 heteroatoms. The molecular weight excluding hydrogens is 440 g/mol. The van der Waals surface area contributed by atoms with Crippen LogP contribution in [-0.4, -0.2) is 47.6 Å². The number of nitrogens with zero attached hydrogens (tertiary/aromatic N) is 2. The Kier molecular flexibility index (Phi) is 5.51. The van der Waals surface area contributed by atoms with Crippen molar-refractivity contribution < 1.29 is 19.1 Å². The molecule has 6 nitrogen and oxygen atoms in total. The molecule has 0 N–H and O–H groups in total. The van der Waals surface area contributed by atoms with Crippen LogP contribution < -0.4 is 4.74 Å². The zero-order chi connectivity index (χ0) is 23.9. The van der Waals surface area contributed by atoms with Crippen molar-refractivity contribution in [2.45, 2.75) is 43.7 Å². The van der Waals surface area contributed by atoms with Gasteiger partial charge in [-0.25, -0.2) is 9.78 Å². The normalized spacial score (nSPS) is 22.4. The summed E-state index contributed by atoms with van der Waals surface area (Å²) in [5.41, 5.74) is 5.32. The number of Topliss-reactive ketones (excluding diaryl/α,β-unsaturated/α-hetero) is 1. The Morgan fingerprint density at radius 1 is 0.914 bits per heavy atom. The van der Waals surface area contributed by atoms with Gasteiger partial charge in [-0.15, -0.1) is 0 Å². The lowest BCUT2D eigenvalue weighted by Crippen LogP contribution is -2.48. The van der Waals surface area contributed by atoms with Crippen LogP contribution in [0.2, 0.25) is 0 Å². The van der Waals surface area contributed by atoms with E-state index < -0.39 is 0 Å². The number of rotatable bonds is 5. The van der Waals surface area contributed by atoms with E-state index in [-0.39, 0.29) is 35.8 Å². The largest absolute Gasteiger partial charge is 0.495 e. The average molecular weight is 469 g/mol. The molecule has 178 valence electrons. The molecule has 3 aromatic rings. The highest BCUT2D eigenvalue weighted by Gasteiger charge is 2.46. The summed E-state index contributed by atoms with van der Waals surface area (Å²) < 4.78 is 11.1. The van der Waals surface area contributed by atoms with Gasteiger partial charge >= 0.3 is 6.09 Å². The highest BCUT2D eigenvalue weighted by molar-refractivity contribution is 5.96. The number of carbonyl (C=O) groups is 2. The minimum absolute atomic E-state index is 0.0385. The van der Waals surface area contributed by atoms with Crippen molar-refractivity contribution in [3.05, 3.63) is 83.7 Å². The number of ketones is 1. The van der Waals surface area contributed by atoms with Gasteiger partial charge in [-0.2, -0.15) is 0 Å². The third-order valence-electron chi connectivity index (χ3n) is 7.88. The van der Waals surface area contributed by atoms with Crippen LogP contribution in [0.5, 0.6) is 5.75 Å². The molecule has 1 amide bonds. The van der Waals surface area contributed by atoms with E-state index in [1.54, 1.807) is 25.4 Å². The molecule has 0 radical (unpaired) electrons. The third kappa shape index (κ3) is 3.77. The van der Waals surface area contributed by atoms with Crippen LogP contribution in [0.15, 0.2) is 66.9 Å². The summed E-state index contributed by atoms with van der Waals surface area (Å²) in [4.78, 5) is 32.5. The zero-order valence-electron chi connectivity index (χ0n) is 19.7. The molecule has 1 aromatic heterocycles. The van der Waals surface area contributed by atoms with Gasteiger partial charge in [0.1, 0.15) is 18.1 Å². The van der Waals surface area contributed by atoms with E-state index in [2.05, 4.69) is 41.4 Å². The Labute approximate surface area is 204 Å². The van der Waals surface area contributed by atoms with Gasteiger partial charge in [0.15, 0.2) is 5.78 Å². The van der Waals surface area contributed by atoms with Gasteiger partial charge in [0.2, 0.25) is 0 Å². The molecule has 0 spiro atoms. The predicted molar refractivity (Wildman–Crippen MR) is 132 cm³/mol. The predicted octanol–water partition coefficient (Wildman–Crippen LogP) is 5.47. The average Bonchev–Trinajstić information content (AvgIpc) is 3.37. The molecule has 35 heavy (non-hydrogen) atoms. The van der Waals surface area contributed by atoms with Crippen molar-refractivity contribution in [1.29, 1.82) is 0 Å². The van der Waals surface area contributed by atoms with Crippen molar-refractivity contribution in [2.24, 2.45) is 5.92 Å². The second-order valence-corrected chi connectivity index (χ2v) is 9.71. The van der Waals surface area contributed by atoms with E-state index >= 15 is 0 Å². The van der Waals surface area contributed by atoms with Gasteiger partial charge in [-0.3, -0.25) is 4.79 Å². The van der Waals surface area contributed by atoms with Gasteiger partial charge in [-0.1, -0.05) is 48.5 Å². The summed E-state index contributed by atoms with van der Waals surface area (Å²) in [6.45, 7) is 0.320. The van der Waals surface area contributed by atoms with Gasteiger partial charge in [-0.05, 0) is 60.1 Å². The van der Waals surface area contributed by atoms with E-state index in [1.165, 1.54) is 22.3 Å². The number of benzene rings is 2. The molecule has 3 heterocycles. The van der Waals surface area contributed by atoms with Crippen molar-refractivity contribution >= 4 is 11.9 Å². The van der Waals surface area contributed by atoms with E-state index in [4.69, 9.17) is 9.47 Å². The quantitative estimate of drug-likeness (QED) is 0.465. The van der Waals surface area contributed by atoms with Crippen LogP contribution in [0.1, 0.15) is 53.2 Å². The summed E-state index contributed by atoms with van der Waals surface area (Å²) in [6.07, 6.45) is 4.46. The maximum atomic E-state index is 13.2. The van der Waals surface area contributed by atoms with Gasteiger partial charge in [0.05, 0.1) is 13.3 Å². The smallest absolute Gasteiger partial charge is 0.410 e. The Balaban J connectivity index is 1.13. The first-order valence-electron chi connectivity index (χ1n) is 12.3. The number of aromatic nitrogens is 1. The number of pyridine rings is 1. The second kappa shape index (κ2) is 8.84. The van der Waals surface area contributed by atoms with Crippen LogP contribution in [0.25, 0.3) is 11.1 Å². The van der Waals surface area contributed by atoms with E-state index in [0.717, 1.165) is 12.8 Å². The molecule has 2 saturated heterocycles. The number of hydrogen-bond acceptors (Lipinski definition) is 5. The first-order chi connectivity index (χ1) is 17.1. The maximum absolute atomic E-state index is 13.2. The lowest BCUT2D eigenvalue weighted by Gasteiger charge is -2.37. The molecule has 2 atom stereocenters. The minimum atomic E-state index is -0.257. The molecule has 3 aliphatic rings. The van der Waals surface area contributed by atoms with Gasteiger partial charge in [0, 0.05) is 23.9 Å². The number of fused-ring (bicyclic) bond motifs is 5. The number of methoxy groups -OCH3 is 1. The fraction of sp³-hybridized carbons (Fsp3) is 0.345. The number of amides is 1. The van der Waals surface area contributed by atoms with Crippen LogP contribution in [0.4, 0.5) is 4.79 Å². The fourth-order valence-electron chi connectivity index (χ4n) is 6.21. The minimum Gasteiger partial charge on any atom is -0.495 e. The SMILES string of the molecule is COc1ccc(C(=O)C2CC3CCC(C2)N3C(=O)OCC2c3ccccc3-c3ccccc32)nc1. The summed E-state index contributed by atoms with van der Waals surface area (Å²) in [6, 6.07) is 20.3. The van der Waals surface area contributed by atoms with Crippen molar-refractivity contribution in [3.63, 3.8) is 0 Å². The summed E-state index contributed by atoms with van der Waals surface area (Å²) in [5.74, 6) is 0.610. The molecular formula is C29H28N2O4.